The van der Waals surface area contributed by atoms with Gasteiger partial charge in [-0.3, -0.25) is 34.3 Å². The van der Waals surface area contributed by atoms with Crippen molar-refractivity contribution in [2.24, 2.45) is 47.3 Å². The number of aryl methyl sites for hydroxylation is 11. The summed E-state index contributed by atoms with van der Waals surface area (Å²) >= 11 is 0. The van der Waals surface area contributed by atoms with Gasteiger partial charge in [0.1, 0.15) is 0 Å². The predicted molar refractivity (Wildman–Crippen MR) is 587 cm³/mol. The quantitative estimate of drug-likeness (QED) is 0.0148. The fraction of sp³-hybridized carbons (Fsp3) is 0.437. The van der Waals surface area contributed by atoms with Gasteiger partial charge in [0, 0.05) is 156 Å². The van der Waals surface area contributed by atoms with E-state index in [1.807, 2.05) is 101 Å². The Kier molecular flexibility index (Phi) is 63.2. The van der Waals surface area contributed by atoms with Crippen LogP contribution >= 0.6 is 0 Å². The number of hydrogen-bond donors (Lipinski definition) is 5. The Morgan fingerprint density at radius 3 is 0.901 bits per heavy atom. The second-order valence-corrected chi connectivity index (χ2v) is 37.5. The number of carbonyl (C=O) groups excluding carboxylic acids is 3. The molecule has 0 saturated heterocycles. The van der Waals surface area contributed by atoms with Gasteiger partial charge in [0.05, 0.1) is 51.2 Å². The number of nitrogens with zero attached hydrogens (tertiary/aromatic N) is 4. The molecule has 4 aromatic heterocycles. The second-order valence-electron chi connectivity index (χ2n) is 37.5. The van der Waals surface area contributed by atoms with Crippen LogP contribution in [0.25, 0.3) is 88.6 Å². The third kappa shape index (κ3) is 41.9. The third-order valence-corrected chi connectivity index (χ3v) is 26.3. The van der Waals surface area contributed by atoms with E-state index in [1.54, 1.807) is 6.08 Å². The van der Waals surface area contributed by atoms with Crippen LogP contribution in [0.4, 0.5) is 0 Å². The van der Waals surface area contributed by atoms with Crippen LogP contribution in [0.1, 0.15) is 300 Å². The molecular weight excluding hydrogens is 2470 g/mol. The first-order chi connectivity index (χ1) is 65.8. The molecular formula is C126H166Ir4N4O8-4. The predicted octanol–water partition coefficient (Wildman–Crippen LogP) is 34.6. The molecule has 0 saturated carbocycles. The number of pyridine rings is 4. The summed E-state index contributed by atoms with van der Waals surface area (Å²) in [5.41, 5.74) is 27.2. The SMILES string of the molecule is CCC(CC)C(=O)C=C(O)C(CC)CC.CCC(CC)C(=O)C=C(O)C(CC)CC.CCC(CC)C(=O)C=C(O)C(CC)CC.CCC(CC)C(O)=CC(O)C(CC)CC.Cc1[c-]c(-c2ccc3c(C(C)C)cccc3n2)cc(C)c1.Cc1[c-]c(-c2ccc3c(C)cc(C)cc3n2)cc(C)c1.Cc1[c-]c(-c2ccc3c(C)cccc3n2)cc(C)c1.Cc1[c-]c(-c2ccc3ccccc3n2)cc(C)c1.[Ir].[Ir].[Ir].[Ir]. The van der Waals surface area contributed by atoms with Crippen molar-refractivity contribution in [3.05, 3.63) is 308 Å². The number of aliphatic hydroxyl groups excluding tert-OH is 5. The molecule has 0 fully saturated rings. The topological polar surface area (TPSA) is 204 Å². The number of allylic oxidation sites excluding steroid dienone is 7. The fourth-order valence-corrected chi connectivity index (χ4v) is 17.6. The molecule has 0 aliphatic heterocycles. The Labute approximate surface area is 909 Å². The van der Waals surface area contributed by atoms with Gasteiger partial charge < -0.3 is 25.5 Å². The minimum atomic E-state index is -0.499. The minimum Gasteiger partial charge on any atom is -0.512 e. The number of para-hydroxylation sites is 1. The molecule has 8 aromatic carbocycles. The van der Waals surface area contributed by atoms with Crippen LogP contribution in [0.3, 0.4) is 0 Å². The van der Waals surface area contributed by atoms with E-state index in [2.05, 4.69) is 294 Å². The van der Waals surface area contributed by atoms with Crippen molar-refractivity contribution in [1.82, 2.24) is 19.9 Å². The summed E-state index contributed by atoms with van der Waals surface area (Å²) in [5, 5.41) is 53.8. The van der Waals surface area contributed by atoms with E-state index < -0.39 is 6.10 Å². The van der Waals surface area contributed by atoms with Crippen molar-refractivity contribution < 1.29 is 120 Å². The Morgan fingerprint density at radius 2 is 0.570 bits per heavy atom. The molecule has 1 atom stereocenters. The number of benzene rings is 8. The largest absolute Gasteiger partial charge is 0.512 e. The van der Waals surface area contributed by atoms with Crippen LogP contribution in [-0.4, -0.2) is 68.9 Å². The summed E-state index contributed by atoms with van der Waals surface area (Å²) < 4.78 is 0. The number of rotatable bonds is 33. The summed E-state index contributed by atoms with van der Waals surface area (Å²) in [6, 6.07) is 72.8. The number of ketones is 3. The number of fused-ring (bicyclic) bond motifs is 4. The first kappa shape index (κ1) is 131. The van der Waals surface area contributed by atoms with Crippen molar-refractivity contribution in [1.29, 1.82) is 0 Å². The van der Waals surface area contributed by atoms with Gasteiger partial charge >= 0.3 is 0 Å². The molecule has 4 radical (unpaired) electrons. The van der Waals surface area contributed by atoms with Gasteiger partial charge in [-0.1, -0.05) is 290 Å². The third-order valence-electron chi connectivity index (χ3n) is 26.3. The first-order valence-electron chi connectivity index (χ1n) is 51.3. The van der Waals surface area contributed by atoms with Gasteiger partial charge in [-0.25, -0.2) is 0 Å². The summed E-state index contributed by atoms with van der Waals surface area (Å²) in [6.07, 6.45) is 19.6. The molecule has 12 rings (SSSR count). The molecule has 142 heavy (non-hydrogen) atoms. The van der Waals surface area contributed by atoms with Crippen LogP contribution in [0.2, 0.25) is 0 Å². The summed E-state index contributed by atoms with van der Waals surface area (Å²) in [6.45, 7) is 60.0. The van der Waals surface area contributed by atoms with Crippen LogP contribution in [0.5, 0.6) is 0 Å². The van der Waals surface area contributed by atoms with Gasteiger partial charge in [-0.2, -0.15) is 0 Å². The molecule has 0 amide bonds. The standard InChI is InChI=1S/C20H20N.C19H18N.C18H16N.C17H14N.C13H26O2.3C13H24O2.4Ir/c1-13(2)17-6-5-7-20-18(17)8-9-19(21-20)16-11-14(3)10-15(4)12-16;1-12-7-13(2)10-16(9-12)18-6-5-17-15(4)8-14(3)11-19(17)20-18;1-12-9-13(2)11-15(10-12)17-8-7-16-14(3)5-4-6-18(16)19-17;1-12-9-13(2)11-15(10-12)17-8-7-14-5-3-4-6-16(14)18-17;4*1-5-10(6-2)12(14)9-13(15)11(7-3)8-4;;;;/h5-11,13H,1-4H3;5-9,11H,1-4H3;4-10H,1-3H3;3-10H,1-2H3;9-12,14-15H,5-8H2,1-4H3;3*9-11,14H,5-8H2,1-4H3;;;;/q4*-1;;;;;;;;. The van der Waals surface area contributed by atoms with Gasteiger partial charge in [0.2, 0.25) is 0 Å². The van der Waals surface area contributed by atoms with E-state index in [0.717, 1.165) is 192 Å². The number of carbonyl (C=O) groups is 3. The van der Waals surface area contributed by atoms with Crippen molar-refractivity contribution >= 4 is 61.0 Å². The molecule has 12 nitrogen and oxygen atoms in total. The van der Waals surface area contributed by atoms with E-state index in [9.17, 15) is 39.9 Å². The molecule has 0 aliphatic rings. The Balaban J connectivity index is 0.000000812. The second kappa shape index (κ2) is 68.5. The van der Waals surface area contributed by atoms with Crippen LogP contribution in [0.15, 0.2) is 217 Å². The minimum absolute atomic E-state index is 0. The average Bonchev–Trinajstić information content (AvgIpc) is 0.825. The van der Waals surface area contributed by atoms with Gasteiger partial charge in [0.25, 0.3) is 0 Å². The number of aromatic nitrogens is 4. The Hall–Kier alpha value is -8.87. The van der Waals surface area contributed by atoms with Crippen LogP contribution in [-0.2, 0) is 94.8 Å². The summed E-state index contributed by atoms with van der Waals surface area (Å²) in [4.78, 5) is 54.3. The van der Waals surface area contributed by atoms with E-state index >= 15 is 0 Å². The zero-order valence-electron chi connectivity index (χ0n) is 90.6. The molecule has 4 heterocycles. The summed E-state index contributed by atoms with van der Waals surface area (Å²) in [5.74, 6) is 2.98. The van der Waals surface area contributed by atoms with E-state index in [-0.39, 0.29) is 162 Å². The van der Waals surface area contributed by atoms with E-state index in [1.165, 1.54) is 84.3 Å². The number of aliphatic hydroxyl groups is 5. The van der Waals surface area contributed by atoms with Crippen molar-refractivity contribution in [2.45, 2.75) is 316 Å². The maximum Gasteiger partial charge on any atom is 0.162 e. The van der Waals surface area contributed by atoms with Crippen molar-refractivity contribution in [3.8, 4) is 45.0 Å². The smallest absolute Gasteiger partial charge is 0.162 e. The molecule has 0 aliphatic carbocycles. The molecule has 1 unspecified atom stereocenters. The molecule has 16 heteroatoms. The van der Waals surface area contributed by atoms with Crippen molar-refractivity contribution in [3.63, 3.8) is 0 Å². The fourth-order valence-electron chi connectivity index (χ4n) is 17.6. The van der Waals surface area contributed by atoms with Crippen LogP contribution in [0, 0.1) is 148 Å². The molecule has 0 spiro atoms. The van der Waals surface area contributed by atoms with Crippen LogP contribution < -0.4 is 0 Å². The molecule has 5 N–H and O–H groups in total. The molecule has 778 valence electrons. The molecule has 0 bridgehead atoms. The monoisotopic (exact) mass is 2640 g/mol. The van der Waals surface area contributed by atoms with E-state index in [0.29, 0.717) is 11.7 Å². The van der Waals surface area contributed by atoms with E-state index in [4.69, 9.17) is 19.9 Å². The Morgan fingerprint density at radius 1 is 0.289 bits per heavy atom. The number of hydrogen-bond acceptors (Lipinski definition) is 12. The normalized spacial score (nSPS) is 11.6. The molecule has 12 aromatic rings. The van der Waals surface area contributed by atoms with Gasteiger partial charge in [-0.15, -0.1) is 140 Å². The maximum atomic E-state index is 11.7. The first-order valence-corrected chi connectivity index (χ1v) is 51.3. The van der Waals surface area contributed by atoms with Crippen molar-refractivity contribution in [2.75, 3.05) is 0 Å². The zero-order chi connectivity index (χ0) is 103. The van der Waals surface area contributed by atoms with Gasteiger partial charge in [-0.05, 0) is 203 Å². The maximum absolute atomic E-state index is 11.7. The Bertz CT molecular complexity index is 5750. The zero-order valence-corrected chi connectivity index (χ0v) is 100. The average molecular weight is 2630 g/mol. The van der Waals surface area contributed by atoms with Gasteiger partial charge in [0.15, 0.2) is 17.3 Å². The summed E-state index contributed by atoms with van der Waals surface area (Å²) in [7, 11) is 0.